The van der Waals surface area contributed by atoms with Gasteiger partial charge >= 0.3 is 0 Å². The molecule has 0 atom stereocenters. The third-order valence-electron chi connectivity index (χ3n) is 5.06. The predicted molar refractivity (Wildman–Crippen MR) is 106 cm³/mol. The topological polar surface area (TPSA) is 66.7 Å². The maximum absolute atomic E-state index is 12.5. The van der Waals surface area contributed by atoms with E-state index in [1.54, 1.807) is 12.1 Å². The first-order valence-corrected chi connectivity index (χ1v) is 9.41. The van der Waals surface area contributed by atoms with E-state index in [0.717, 1.165) is 37.2 Å². The SMILES string of the molecule is CCC(=O)N(c1ccccc1)C1CCN(Cc2cccc([N+](=O)[O-])c2)CC1. The van der Waals surface area contributed by atoms with E-state index in [1.807, 2.05) is 48.2 Å². The molecule has 2 aromatic rings. The van der Waals surface area contributed by atoms with Crippen LogP contribution in [-0.4, -0.2) is 34.9 Å². The first-order chi connectivity index (χ1) is 13.1. The number of hydrogen-bond acceptors (Lipinski definition) is 4. The number of non-ortho nitro benzene ring substituents is 1. The van der Waals surface area contributed by atoms with Gasteiger partial charge in [-0.1, -0.05) is 37.3 Å². The highest BCUT2D eigenvalue weighted by atomic mass is 16.6. The highest BCUT2D eigenvalue weighted by molar-refractivity contribution is 5.93. The summed E-state index contributed by atoms with van der Waals surface area (Å²) in [6, 6.07) is 16.9. The molecule has 1 saturated heterocycles. The van der Waals surface area contributed by atoms with Crippen molar-refractivity contribution < 1.29 is 9.72 Å². The van der Waals surface area contributed by atoms with Crippen LogP contribution in [0.4, 0.5) is 11.4 Å². The molecule has 0 N–H and O–H groups in total. The molecule has 6 nitrogen and oxygen atoms in total. The summed E-state index contributed by atoms with van der Waals surface area (Å²) in [4.78, 5) is 27.4. The predicted octanol–water partition coefficient (Wildman–Crippen LogP) is 4.00. The first kappa shape index (κ1) is 19.0. The number of para-hydroxylation sites is 1. The van der Waals surface area contributed by atoms with E-state index in [9.17, 15) is 14.9 Å². The molecule has 1 aliphatic rings. The fraction of sp³-hybridized carbons (Fsp3) is 0.381. The van der Waals surface area contributed by atoms with Crippen molar-refractivity contribution in [3.63, 3.8) is 0 Å². The van der Waals surface area contributed by atoms with E-state index in [-0.39, 0.29) is 22.6 Å². The molecule has 0 unspecified atom stereocenters. The molecule has 0 bridgehead atoms. The number of carbonyl (C=O) groups is 1. The van der Waals surface area contributed by atoms with Gasteiger partial charge in [-0.25, -0.2) is 0 Å². The standard InChI is InChI=1S/C21H25N3O3/c1-2-21(25)23(18-8-4-3-5-9-18)19-11-13-22(14-12-19)16-17-7-6-10-20(15-17)24(26)27/h3-10,15,19H,2,11-14,16H2,1H3. The number of rotatable bonds is 6. The third-order valence-corrected chi connectivity index (χ3v) is 5.06. The Bertz CT molecular complexity index is 786. The lowest BCUT2D eigenvalue weighted by Gasteiger charge is -2.38. The van der Waals surface area contributed by atoms with Gasteiger partial charge in [0.05, 0.1) is 4.92 Å². The molecule has 1 aliphatic heterocycles. The Kier molecular flexibility index (Phi) is 6.19. The minimum absolute atomic E-state index is 0.131. The second-order valence-corrected chi connectivity index (χ2v) is 6.89. The molecule has 1 heterocycles. The van der Waals surface area contributed by atoms with Crippen LogP contribution < -0.4 is 4.90 Å². The summed E-state index contributed by atoms with van der Waals surface area (Å²) in [5.74, 6) is 0.151. The summed E-state index contributed by atoms with van der Waals surface area (Å²) in [6.07, 6.45) is 2.29. The quantitative estimate of drug-likeness (QED) is 0.572. The number of carbonyl (C=O) groups excluding carboxylic acids is 1. The summed E-state index contributed by atoms with van der Waals surface area (Å²) in [6.45, 7) is 4.33. The van der Waals surface area contributed by atoms with E-state index in [0.29, 0.717) is 13.0 Å². The van der Waals surface area contributed by atoms with E-state index >= 15 is 0 Å². The zero-order valence-corrected chi connectivity index (χ0v) is 15.6. The van der Waals surface area contributed by atoms with Crippen molar-refractivity contribution in [1.82, 2.24) is 4.90 Å². The maximum atomic E-state index is 12.5. The van der Waals surface area contributed by atoms with Crippen LogP contribution >= 0.6 is 0 Å². The minimum atomic E-state index is -0.357. The summed E-state index contributed by atoms with van der Waals surface area (Å²) in [5, 5.41) is 10.9. The Balaban J connectivity index is 1.64. The van der Waals surface area contributed by atoms with Crippen LogP contribution in [0.3, 0.4) is 0 Å². The Hall–Kier alpha value is -2.73. The van der Waals surface area contributed by atoms with Gasteiger partial charge in [0.15, 0.2) is 0 Å². The highest BCUT2D eigenvalue weighted by Gasteiger charge is 2.28. The lowest BCUT2D eigenvalue weighted by molar-refractivity contribution is -0.384. The van der Waals surface area contributed by atoms with Crippen molar-refractivity contribution in [2.45, 2.75) is 38.8 Å². The number of likely N-dealkylation sites (tertiary alicyclic amines) is 1. The van der Waals surface area contributed by atoms with Gasteiger partial charge in [-0.3, -0.25) is 19.8 Å². The molecule has 27 heavy (non-hydrogen) atoms. The number of hydrogen-bond donors (Lipinski definition) is 0. The van der Waals surface area contributed by atoms with Crippen molar-refractivity contribution in [2.75, 3.05) is 18.0 Å². The fourth-order valence-corrected chi connectivity index (χ4v) is 3.68. The second-order valence-electron chi connectivity index (χ2n) is 6.89. The monoisotopic (exact) mass is 367 g/mol. The smallest absolute Gasteiger partial charge is 0.269 e. The van der Waals surface area contributed by atoms with Crippen molar-refractivity contribution in [3.8, 4) is 0 Å². The number of nitrogens with zero attached hydrogens (tertiary/aromatic N) is 3. The van der Waals surface area contributed by atoms with Crippen LogP contribution in [0.1, 0.15) is 31.7 Å². The second kappa shape index (κ2) is 8.77. The van der Waals surface area contributed by atoms with Gasteiger partial charge in [-0.2, -0.15) is 0 Å². The Morgan fingerprint density at radius 3 is 2.48 bits per heavy atom. The first-order valence-electron chi connectivity index (χ1n) is 9.41. The average Bonchev–Trinajstić information content (AvgIpc) is 2.70. The zero-order chi connectivity index (χ0) is 19.2. The van der Waals surface area contributed by atoms with E-state index in [4.69, 9.17) is 0 Å². The normalized spacial score (nSPS) is 15.4. The van der Waals surface area contributed by atoms with Crippen molar-refractivity contribution in [3.05, 3.63) is 70.3 Å². The van der Waals surface area contributed by atoms with Gasteiger partial charge in [-0.15, -0.1) is 0 Å². The van der Waals surface area contributed by atoms with Crippen LogP contribution in [0.5, 0.6) is 0 Å². The largest absolute Gasteiger partial charge is 0.309 e. The summed E-state index contributed by atoms with van der Waals surface area (Å²) >= 11 is 0. The Labute approximate surface area is 159 Å². The van der Waals surface area contributed by atoms with Crippen LogP contribution in [0, 0.1) is 10.1 Å². The maximum Gasteiger partial charge on any atom is 0.269 e. The van der Waals surface area contributed by atoms with Gasteiger partial charge in [0.2, 0.25) is 5.91 Å². The molecule has 2 aromatic carbocycles. The molecule has 0 saturated carbocycles. The fourth-order valence-electron chi connectivity index (χ4n) is 3.68. The number of piperidine rings is 1. The lowest BCUT2D eigenvalue weighted by Crippen LogP contribution is -2.47. The van der Waals surface area contributed by atoms with Crippen molar-refractivity contribution in [2.24, 2.45) is 0 Å². The molecule has 6 heteroatoms. The number of benzene rings is 2. The third kappa shape index (κ3) is 4.71. The average molecular weight is 367 g/mol. The van der Waals surface area contributed by atoms with Crippen LogP contribution in [0.15, 0.2) is 54.6 Å². The lowest BCUT2D eigenvalue weighted by atomic mass is 10.0. The zero-order valence-electron chi connectivity index (χ0n) is 15.6. The van der Waals surface area contributed by atoms with Gasteiger partial charge in [0, 0.05) is 49.9 Å². The number of amides is 1. The highest BCUT2D eigenvalue weighted by Crippen LogP contribution is 2.25. The molecule has 0 aliphatic carbocycles. The Morgan fingerprint density at radius 2 is 1.85 bits per heavy atom. The summed E-state index contributed by atoms with van der Waals surface area (Å²) in [7, 11) is 0. The van der Waals surface area contributed by atoms with Crippen LogP contribution in [0.2, 0.25) is 0 Å². The van der Waals surface area contributed by atoms with Crippen molar-refractivity contribution in [1.29, 1.82) is 0 Å². The van der Waals surface area contributed by atoms with Crippen LogP contribution in [0.25, 0.3) is 0 Å². The van der Waals surface area contributed by atoms with Crippen LogP contribution in [-0.2, 0) is 11.3 Å². The molecule has 0 radical (unpaired) electrons. The number of nitro benzene ring substituents is 1. The number of anilines is 1. The van der Waals surface area contributed by atoms with Crippen molar-refractivity contribution >= 4 is 17.3 Å². The van der Waals surface area contributed by atoms with Gasteiger partial charge < -0.3 is 4.90 Å². The Morgan fingerprint density at radius 1 is 1.15 bits per heavy atom. The van der Waals surface area contributed by atoms with Gasteiger partial charge in [0.1, 0.15) is 0 Å². The van der Waals surface area contributed by atoms with Gasteiger partial charge in [-0.05, 0) is 30.5 Å². The molecule has 0 aromatic heterocycles. The van der Waals surface area contributed by atoms with Gasteiger partial charge in [0.25, 0.3) is 5.69 Å². The van der Waals surface area contributed by atoms with E-state index in [1.165, 1.54) is 6.07 Å². The number of nitro groups is 1. The van der Waals surface area contributed by atoms with E-state index < -0.39 is 0 Å². The summed E-state index contributed by atoms with van der Waals surface area (Å²) < 4.78 is 0. The molecular formula is C21H25N3O3. The molecule has 0 spiro atoms. The molecule has 142 valence electrons. The summed E-state index contributed by atoms with van der Waals surface area (Å²) in [5.41, 5.74) is 2.04. The molecular weight excluding hydrogens is 342 g/mol. The van der Waals surface area contributed by atoms with E-state index in [2.05, 4.69) is 4.90 Å². The molecule has 1 fully saturated rings. The minimum Gasteiger partial charge on any atom is -0.309 e. The molecule has 1 amide bonds. The molecule has 3 rings (SSSR count).